The van der Waals surface area contributed by atoms with E-state index in [0.29, 0.717) is 54.2 Å². The Kier molecular flexibility index (Phi) is 8.14. The minimum atomic E-state index is -0.469. The number of benzene rings is 2. The molecule has 0 unspecified atom stereocenters. The van der Waals surface area contributed by atoms with E-state index in [9.17, 15) is 9.59 Å². The van der Waals surface area contributed by atoms with Gasteiger partial charge in [-0.05, 0) is 45.0 Å². The van der Waals surface area contributed by atoms with Gasteiger partial charge in [0, 0.05) is 23.3 Å². The first-order valence-electron chi connectivity index (χ1n) is 13.2. The monoisotopic (exact) mass is 555 g/mol. The molecule has 11 nitrogen and oxygen atoms in total. The highest BCUT2D eigenvalue weighted by Crippen LogP contribution is 2.39. The minimum Gasteiger partial charge on any atom is -0.490 e. The van der Waals surface area contributed by atoms with Crippen LogP contribution in [-0.4, -0.2) is 45.5 Å². The molecule has 0 aliphatic rings. The summed E-state index contributed by atoms with van der Waals surface area (Å²) in [6.07, 6.45) is 1.52. The van der Waals surface area contributed by atoms with E-state index in [1.807, 2.05) is 51.1 Å². The summed E-state index contributed by atoms with van der Waals surface area (Å²) in [5.41, 5.74) is 1.52. The van der Waals surface area contributed by atoms with Crippen molar-refractivity contribution in [2.75, 3.05) is 25.1 Å². The number of carbonyl (C=O) groups is 1. The average molecular weight is 556 g/mol. The summed E-state index contributed by atoms with van der Waals surface area (Å²) in [6, 6.07) is 19.0. The van der Waals surface area contributed by atoms with Crippen LogP contribution in [-0.2, 0) is 0 Å². The normalized spacial score (nSPS) is 10.8. The zero-order chi connectivity index (χ0) is 28.8. The molecule has 0 aliphatic heterocycles. The van der Waals surface area contributed by atoms with Gasteiger partial charge in [-0.2, -0.15) is 9.78 Å². The maximum atomic E-state index is 13.6. The number of carbonyl (C=O) groups excluding carboxylic acids is 1. The molecule has 0 saturated carbocycles. The first-order valence-corrected chi connectivity index (χ1v) is 13.2. The molecule has 5 rings (SSSR count). The number of hydrogen-bond donors (Lipinski definition) is 2. The summed E-state index contributed by atoms with van der Waals surface area (Å²) in [5.74, 6) is 1.56. The number of aromatic amines is 1. The first kappa shape index (κ1) is 27.3. The number of hydrogen-bond acceptors (Lipinski definition) is 8. The zero-order valence-electron chi connectivity index (χ0n) is 22.8. The Balaban J connectivity index is 1.58. The Bertz CT molecular complexity index is 1670. The van der Waals surface area contributed by atoms with Crippen LogP contribution in [0, 0.1) is 0 Å². The molecule has 41 heavy (non-hydrogen) atoms. The third-order valence-electron chi connectivity index (χ3n) is 5.90. The molecule has 0 aliphatic carbocycles. The SMILES string of the molecule is CCOc1cc(C(=O)Nc2cc(-c3ccco3)nn2-c2nc(-c3ccccc3)cc(=O)[nH]2)cc(OCC)c1OCC. The molecular formula is C30H29N5O6. The van der Waals surface area contributed by atoms with Crippen LogP contribution in [0.4, 0.5) is 5.82 Å². The molecule has 3 heterocycles. The molecule has 5 aromatic rings. The van der Waals surface area contributed by atoms with Crippen molar-refractivity contribution in [3.63, 3.8) is 0 Å². The molecule has 2 aromatic carbocycles. The van der Waals surface area contributed by atoms with E-state index < -0.39 is 5.91 Å². The molecule has 0 saturated heterocycles. The van der Waals surface area contributed by atoms with Crippen LogP contribution >= 0.6 is 0 Å². The van der Waals surface area contributed by atoms with Gasteiger partial charge in [0.15, 0.2) is 17.3 Å². The number of H-pyrrole nitrogens is 1. The van der Waals surface area contributed by atoms with Gasteiger partial charge in [0.2, 0.25) is 11.7 Å². The van der Waals surface area contributed by atoms with Crippen molar-refractivity contribution in [1.82, 2.24) is 19.7 Å². The fraction of sp³-hybridized carbons (Fsp3) is 0.200. The van der Waals surface area contributed by atoms with Crippen LogP contribution in [0.15, 0.2) is 82.2 Å². The molecule has 0 atom stereocenters. The Hall–Kier alpha value is -5.32. The van der Waals surface area contributed by atoms with Crippen LogP contribution in [0.5, 0.6) is 17.2 Å². The number of amides is 1. The van der Waals surface area contributed by atoms with E-state index in [4.69, 9.17) is 18.6 Å². The fourth-order valence-electron chi connectivity index (χ4n) is 4.19. The second-order valence-electron chi connectivity index (χ2n) is 8.68. The number of ether oxygens (including phenoxy) is 3. The molecule has 0 radical (unpaired) electrons. The highest BCUT2D eigenvalue weighted by molar-refractivity contribution is 6.05. The summed E-state index contributed by atoms with van der Waals surface area (Å²) in [6.45, 7) is 6.67. The van der Waals surface area contributed by atoms with E-state index in [2.05, 4.69) is 20.4 Å². The number of anilines is 1. The number of aromatic nitrogens is 4. The second-order valence-corrected chi connectivity index (χ2v) is 8.68. The van der Waals surface area contributed by atoms with Crippen molar-refractivity contribution in [3.05, 3.63) is 88.9 Å². The molecule has 0 spiro atoms. The van der Waals surface area contributed by atoms with Gasteiger partial charge in [-0.25, -0.2) is 4.98 Å². The van der Waals surface area contributed by atoms with Gasteiger partial charge >= 0.3 is 0 Å². The maximum absolute atomic E-state index is 13.6. The minimum absolute atomic E-state index is 0.112. The fourth-order valence-corrected chi connectivity index (χ4v) is 4.19. The molecule has 2 N–H and O–H groups in total. The van der Waals surface area contributed by atoms with Crippen molar-refractivity contribution in [1.29, 1.82) is 0 Å². The zero-order valence-corrected chi connectivity index (χ0v) is 22.8. The third-order valence-corrected chi connectivity index (χ3v) is 5.90. The number of rotatable bonds is 11. The van der Waals surface area contributed by atoms with Crippen LogP contribution in [0.25, 0.3) is 28.7 Å². The lowest BCUT2D eigenvalue weighted by Gasteiger charge is -2.17. The van der Waals surface area contributed by atoms with Gasteiger partial charge < -0.3 is 23.9 Å². The average Bonchev–Trinajstić information content (AvgIpc) is 3.66. The van der Waals surface area contributed by atoms with Crippen molar-refractivity contribution in [3.8, 4) is 45.9 Å². The van der Waals surface area contributed by atoms with Crippen molar-refractivity contribution >= 4 is 11.7 Å². The van der Waals surface area contributed by atoms with Gasteiger partial charge in [0.05, 0.1) is 31.8 Å². The molecule has 0 fully saturated rings. The van der Waals surface area contributed by atoms with Crippen LogP contribution in [0.2, 0.25) is 0 Å². The molecule has 11 heteroatoms. The lowest BCUT2D eigenvalue weighted by Crippen LogP contribution is -2.19. The summed E-state index contributed by atoms with van der Waals surface area (Å²) in [4.78, 5) is 33.6. The van der Waals surface area contributed by atoms with Crippen LogP contribution in [0.1, 0.15) is 31.1 Å². The van der Waals surface area contributed by atoms with E-state index in [0.717, 1.165) is 5.56 Å². The summed E-state index contributed by atoms with van der Waals surface area (Å²) < 4.78 is 24.2. The number of nitrogens with zero attached hydrogens (tertiary/aromatic N) is 3. The van der Waals surface area contributed by atoms with Gasteiger partial charge in [-0.1, -0.05) is 30.3 Å². The number of furan rings is 1. The van der Waals surface area contributed by atoms with E-state index in [1.54, 1.807) is 30.3 Å². The Morgan fingerprint density at radius 1 is 0.902 bits per heavy atom. The van der Waals surface area contributed by atoms with Crippen LogP contribution < -0.4 is 25.1 Å². The predicted molar refractivity (Wildman–Crippen MR) is 153 cm³/mol. The van der Waals surface area contributed by atoms with Crippen molar-refractivity contribution in [2.24, 2.45) is 0 Å². The van der Waals surface area contributed by atoms with Gasteiger partial charge in [0.1, 0.15) is 11.5 Å². The third kappa shape index (κ3) is 5.98. The lowest BCUT2D eigenvalue weighted by atomic mass is 10.1. The highest BCUT2D eigenvalue weighted by atomic mass is 16.5. The van der Waals surface area contributed by atoms with E-state index >= 15 is 0 Å². The van der Waals surface area contributed by atoms with E-state index in [1.165, 1.54) is 17.0 Å². The molecule has 210 valence electrons. The summed E-state index contributed by atoms with van der Waals surface area (Å²) >= 11 is 0. The Labute approximate surface area is 235 Å². The lowest BCUT2D eigenvalue weighted by molar-refractivity contribution is 0.102. The van der Waals surface area contributed by atoms with E-state index in [-0.39, 0.29) is 22.9 Å². The van der Waals surface area contributed by atoms with Crippen molar-refractivity contribution < 1.29 is 23.4 Å². The Morgan fingerprint density at radius 2 is 1.61 bits per heavy atom. The molecule has 1 amide bonds. The molecule has 0 bridgehead atoms. The highest BCUT2D eigenvalue weighted by Gasteiger charge is 2.22. The van der Waals surface area contributed by atoms with Gasteiger partial charge in [-0.15, -0.1) is 0 Å². The van der Waals surface area contributed by atoms with Gasteiger partial charge in [0.25, 0.3) is 11.5 Å². The Morgan fingerprint density at radius 3 is 2.24 bits per heavy atom. The second kappa shape index (κ2) is 12.2. The number of nitrogens with one attached hydrogen (secondary N) is 2. The summed E-state index contributed by atoms with van der Waals surface area (Å²) in [5, 5.41) is 7.47. The standard InChI is InChI=1S/C30H29N5O6/c1-4-38-24-15-20(16-25(39-5-2)28(24)40-6-3)29(37)32-26-17-22(23-13-10-14-41-23)34-35(26)30-31-21(18-27(36)33-30)19-11-8-7-9-12-19/h7-18H,4-6H2,1-3H3,(H,32,37)(H,31,33,36). The predicted octanol–water partition coefficient (Wildman–Crippen LogP) is 5.33. The summed E-state index contributed by atoms with van der Waals surface area (Å²) in [7, 11) is 0. The molecular weight excluding hydrogens is 526 g/mol. The smallest absolute Gasteiger partial charge is 0.257 e. The van der Waals surface area contributed by atoms with Crippen molar-refractivity contribution in [2.45, 2.75) is 20.8 Å². The van der Waals surface area contributed by atoms with Gasteiger partial charge in [-0.3, -0.25) is 14.6 Å². The topological polar surface area (TPSA) is 134 Å². The molecule has 3 aromatic heterocycles. The quantitative estimate of drug-likeness (QED) is 0.223. The largest absolute Gasteiger partial charge is 0.490 e. The first-order chi connectivity index (χ1) is 20.0. The van der Waals surface area contributed by atoms with Crippen LogP contribution in [0.3, 0.4) is 0 Å². The maximum Gasteiger partial charge on any atom is 0.257 e.